The number of benzene rings is 2. The van der Waals surface area contributed by atoms with Crippen molar-refractivity contribution in [2.45, 2.75) is 13.8 Å². The number of aryl methyl sites for hydroxylation is 2. The topological polar surface area (TPSA) is 99.6 Å². The zero-order valence-corrected chi connectivity index (χ0v) is 15.1. The Balaban J connectivity index is 1.87. The predicted octanol–water partition coefficient (Wildman–Crippen LogP) is 4.69. The molecule has 1 aromatic heterocycles. The van der Waals surface area contributed by atoms with Crippen molar-refractivity contribution in [2.75, 3.05) is 16.4 Å². The van der Waals surface area contributed by atoms with Crippen LogP contribution in [0, 0.1) is 25.2 Å². The molecule has 0 saturated carbocycles. The molecule has 26 heavy (non-hydrogen) atoms. The minimum Gasteiger partial charge on any atom is -0.383 e. The molecule has 3 rings (SSSR count). The Morgan fingerprint density at radius 1 is 1.00 bits per heavy atom. The molecule has 0 amide bonds. The SMILES string of the molecule is Cc1cc(Cl)cc(C)c1Nc1cc(N)nc(Nc2ccc(C#N)cc2)n1. The minimum absolute atomic E-state index is 0.336. The summed E-state index contributed by atoms with van der Waals surface area (Å²) in [5.41, 5.74) is 10.2. The first kappa shape index (κ1) is 17.5. The summed E-state index contributed by atoms with van der Waals surface area (Å²) in [6.07, 6.45) is 0. The molecule has 0 bridgehead atoms. The van der Waals surface area contributed by atoms with Gasteiger partial charge in [0.25, 0.3) is 0 Å². The van der Waals surface area contributed by atoms with Crippen molar-refractivity contribution < 1.29 is 0 Å². The van der Waals surface area contributed by atoms with Crippen LogP contribution in [0.15, 0.2) is 42.5 Å². The van der Waals surface area contributed by atoms with Crippen molar-refractivity contribution in [3.8, 4) is 6.07 Å². The summed E-state index contributed by atoms with van der Waals surface area (Å²) < 4.78 is 0. The summed E-state index contributed by atoms with van der Waals surface area (Å²) in [7, 11) is 0. The van der Waals surface area contributed by atoms with E-state index in [4.69, 9.17) is 22.6 Å². The quantitative estimate of drug-likeness (QED) is 0.621. The molecule has 7 heteroatoms. The molecule has 0 atom stereocenters. The molecule has 0 aliphatic carbocycles. The van der Waals surface area contributed by atoms with Crippen molar-refractivity contribution in [2.24, 2.45) is 0 Å². The maximum Gasteiger partial charge on any atom is 0.231 e. The Bertz CT molecular complexity index is 969. The third-order valence-electron chi connectivity index (χ3n) is 3.77. The number of nitriles is 1. The molecule has 0 radical (unpaired) electrons. The van der Waals surface area contributed by atoms with Crippen LogP contribution in [0.3, 0.4) is 0 Å². The molecular weight excluding hydrogens is 348 g/mol. The lowest BCUT2D eigenvalue weighted by atomic mass is 10.1. The van der Waals surface area contributed by atoms with Gasteiger partial charge in [-0.3, -0.25) is 0 Å². The van der Waals surface area contributed by atoms with E-state index < -0.39 is 0 Å². The van der Waals surface area contributed by atoms with Crippen LogP contribution in [0.4, 0.5) is 29.0 Å². The van der Waals surface area contributed by atoms with Gasteiger partial charge in [-0.1, -0.05) is 11.6 Å². The number of anilines is 5. The largest absolute Gasteiger partial charge is 0.383 e. The van der Waals surface area contributed by atoms with Crippen LogP contribution >= 0.6 is 11.6 Å². The molecule has 6 nitrogen and oxygen atoms in total. The van der Waals surface area contributed by atoms with Gasteiger partial charge in [-0.05, 0) is 61.4 Å². The second kappa shape index (κ2) is 7.30. The van der Waals surface area contributed by atoms with Gasteiger partial charge < -0.3 is 16.4 Å². The van der Waals surface area contributed by atoms with E-state index in [-0.39, 0.29) is 0 Å². The van der Waals surface area contributed by atoms with E-state index in [2.05, 4.69) is 26.7 Å². The molecule has 0 aliphatic rings. The van der Waals surface area contributed by atoms with Gasteiger partial charge in [0, 0.05) is 22.5 Å². The van der Waals surface area contributed by atoms with Gasteiger partial charge in [0.05, 0.1) is 11.6 Å². The average Bonchev–Trinajstić information content (AvgIpc) is 2.58. The molecule has 0 spiro atoms. The first-order valence-corrected chi connectivity index (χ1v) is 8.28. The number of rotatable bonds is 4. The maximum atomic E-state index is 8.86. The van der Waals surface area contributed by atoms with Gasteiger partial charge >= 0.3 is 0 Å². The van der Waals surface area contributed by atoms with Crippen molar-refractivity contribution in [1.82, 2.24) is 9.97 Å². The van der Waals surface area contributed by atoms with Crippen molar-refractivity contribution >= 4 is 40.6 Å². The van der Waals surface area contributed by atoms with Gasteiger partial charge in [-0.25, -0.2) is 0 Å². The Hall–Kier alpha value is -3.30. The van der Waals surface area contributed by atoms with Crippen LogP contribution in [0.5, 0.6) is 0 Å². The second-order valence-corrected chi connectivity index (χ2v) is 6.29. The molecule has 130 valence electrons. The highest BCUT2D eigenvalue weighted by molar-refractivity contribution is 6.30. The lowest BCUT2D eigenvalue weighted by molar-refractivity contribution is 1.17. The fourth-order valence-corrected chi connectivity index (χ4v) is 2.91. The molecule has 0 saturated heterocycles. The van der Waals surface area contributed by atoms with E-state index in [1.54, 1.807) is 30.3 Å². The number of halogens is 1. The highest BCUT2D eigenvalue weighted by Gasteiger charge is 2.08. The van der Waals surface area contributed by atoms with Crippen LogP contribution in [0.1, 0.15) is 16.7 Å². The molecular formula is C19H17ClN6. The predicted molar refractivity (Wildman–Crippen MR) is 105 cm³/mol. The van der Waals surface area contributed by atoms with Crippen LogP contribution < -0.4 is 16.4 Å². The number of nitrogens with one attached hydrogen (secondary N) is 2. The Kier molecular flexibility index (Phi) is 4.92. The van der Waals surface area contributed by atoms with Crippen molar-refractivity contribution in [1.29, 1.82) is 5.26 Å². The van der Waals surface area contributed by atoms with Crippen molar-refractivity contribution in [3.05, 3.63) is 64.2 Å². The van der Waals surface area contributed by atoms with E-state index in [0.29, 0.717) is 28.2 Å². The average molecular weight is 365 g/mol. The van der Waals surface area contributed by atoms with Crippen LogP contribution in [0.25, 0.3) is 0 Å². The third-order valence-corrected chi connectivity index (χ3v) is 3.98. The van der Waals surface area contributed by atoms with Crippen LogP contribution in [-0.2, 0) is 0 Å². The molecule has 2 aromatic carbocycles. The van der Waals surface area contributed by atoms with Gasteiger partial charge in [-0.15, -0.1) is 0 Å². The summed E-state index contributed by atoms with van der Waals surface area (Å²) >= 11 is 6.08. The standard InChI is InChI=1S/C19H17ClN6/c1-11-7-14(20)8-12(2)18(11)25-17-9-16(22)24-19(26-17)23-15-5-3-13(10-21)4-6-15/h3-9H,1-2H3,(H4,22,23,24,25,26). The van der Waals surface area contributed by atoms with Crippen LogP contribution in [0.2, 0.25) is 5.02 Å². The second-order valence-electron chi connectivity index (χ2n) is 5.86. The molecule has 0 unspecified atom stereocenters. The molecule has 0 fully saturated rings. The highest BCUT2D eigenvalue weighted by Crippen LogP contribution is 2.28. The van der Waals surface area contributed by atoms with Crippen LogP contribution in [-0.4, -0.2) is 9.97 Å². The van der Waals surface area contributed by atoms with E-state index >= 15 is 0 Å². The smallest absolute Gasteiger partial charge is 0.231 e. The molecule has 0 aliphatic heterocycles. The number of hydrogen-bond donors (Lipinski definition) is 3. The van der Waals surface area contributed by atoms with Gasteiger partial charge in [0.15, 0.2) is 0 Å². The number of nitrogens with zero attached hydrogens (tertiary/aromatic N) is 3. The number of nitrogen functional groups attached to an aromatic ring is 1. The van der Waals surface area contributed by atoms with Gasteiger partial charge in [0.1, 0.15) is 11.6 Å². The summed E-state index contributed by atoms with van der Waals surface area (Å²) in [5, 5.41) is 15.9. The maximum absolute atomic E-state index is 8.86. The lowest BCUT2D eigenvalue weighted by Crippen LogP contribution is -2.05. The number of aromatic nitrogens is 2. The van der Waals surface area contributed by atoms with Gasteiger partial charge in [-0.2, -0.15) is 15.2 Å². The first-order chi connectivity index (χ1) is 12.4. The monoisotopic (exact) mass is 364 g/mol. The fourth-order valence-electron chi connectivity index (χ4n) is 2.58. The van der Waals surface area contributed by atoms with Gasteiger partial charge in [0.2, 0.25) is 5.95 Å². The summed E-state index contributed by atoms with van der Waals surface area (Å²) in [4.78, 5) is 8.66. The molecule has 4 N–H and O–H groups in total. The lowest BCUT2D eigenvalue weighted by Gasteiger charge is -2.14. The van der Waals surface area contributed by atoms with E-state index in [0.717, 1.165) is 22.5 Å². The zero-order valence-electron chi connectivity index (χ0n) is 14.3. The van der Waals surface area contributed by atoms with E-state index in [1.807, 2.05) is 26.0 Å². The Morgan fingerprint density at radius 2 is 1.65 bits per heavy atom. The normalized spacial score (nSPS) is 10.2. The minimum atomic E-state index is 0.336. The molecule has 1 heterocycles. The Morgan fingerprint density at radius 3 is 2.27 bits per heavy atom. The third kappa shape index (κ3) is 4.02. The summed E-state index contributed by atoms with van der Waals surface area (Å²) in [5.74, 6) is 1.27. The zero-order chi connectivity index (χ0) is 18.7. The van der Waals surface area contributed by atoms with E-state index in [9.17, 15) is 0 Å². The summed E-state index contributed by atoms with van der Waals surface area (Å²) in [6, 6.07) is 14.5. The summed E-state index contributed by atoms with van der Waals surface area (Å²) in [6.45, 7) is 3.95. The fraction of sp³-hybridized carbons (Fsp3) is 0.105. The van der Waals surface area contributed by atoms with Crippen molar-refractivity contribution in [3.63, 3.8) is 0 Å². The number of nitrogens with two attached hydrogens (primary N) is 1. The van der Waals surface area contributed by atoms with E-state index in [1.165, 1.54) is 0 Å². The Labute approximate surface area is 156 Å². The number of hydrogen-bond acceptors (Lipinski definition) is 6. The highest BCUT2D eigenvalue weighted by atomic mass is 35.5. The molecule has 3 aromatic rings. The first-order valence-electron chi connectivity index (χ1n) is 7.90.